The Hall–Kier alpha value is -4.04. The van der Waals surface area contributed by atoms with E-state index in [1.807, 2.05) is 24.3 Å². The van der Waals surface area contributed by atoms with Crippen molar-refractivity contribution in [1.29, 1.82) is 0 Å². The van der Waals surface area contributed by atoms with E-state index in [0.29, 0.717) is 0 Å². The molecule has 4 N–H and O–H groups in total. The van der Waals surface area contributed by atoms with Crippen molar-refractivity contribution in [3.8, 4) is 5.75 Å². The van der Waals surface area contributed by atoms with Crippen LogP contribution in [0.4, 0.5) is 13.2 Å². The van der Waals surface area contributed by atoms with Crippen LogP contribution < -0.4 is 15.8 Å². The van der Waals surface area contributed by atoms with Gasteiger partial charge in [0.25, 0.3) is 0 Å². The second kappa shape index (κ2) is 12.9. The van der Waals surface area contributed by atoms with Crippen molar-refractivity contribution in [1.82, 2.24) is 14.5 Å². The standard InChI is InChI=1S/C28H34F3N5O5S/c1-19(37)33-14-13-25(32)35-15-16-36(42(39,40)23-11-9-22(10-12-23)41-28(29,30)31)24(18-35)26(38)34-17-20-5-7-21(8-6-20)27(2,3)4/h5-14,24,37H,1,15-18,32H2,2-4H3,(H,34,38)/b25-13+,33-14-/t24-/m1/s1. The number of nitrogens with zero attached hydrogens (tertiary/aromatic N) is 3. The van der Waals surface area contributed by atoms with Gasteiger partial charge in [0.1, 0.15) is 17.6 Å². The molecule has 228 valence electrons. The van der Waals surface area contributed by atoms with E-state index >= 15 is 0 Å². The monoisotopic (exact) mass is 609 g/mol. The minimum atomic E-state index is -4.93. The zero-order chi connectivity index (χ0) is 31.3. The number of nitrogens with one attached hydrogen (secondary N) is 1. The third-order valence-electron chi connectivity index (χ3n) is 6.42. The fourth-order valence-corrected chi connectivity index (χ4v) is 5.76. The second-order valence-electron chi connectivity index (χ2n) is 10.5. The van der Waals surface area contributed by atoms with Crippen molar-refractivity contribution in [2.24, 2.45) is 10.7 Å². The van der Waals surface area contributed by atoms with Crippen LogP contribution in [0.3, 0.4) is 0 Å². The van der Waals surface area contributed by atoms with E-state index in [2.05, 4.69) is 42.4 Å². The molecular weight excluding hydrogens is 575 g/mol. The molecule has 2 aromatic carbocycles. The Bertz CT molecular complexity index is 1430. The highest BCUT2D eigenvalue weighted by Crippen LogP contribution is 2.27. The summed E-state index contributed by atoms with van der Waals surface area (Å²) in [5.41, 5.74) is 7.98. The van der Waals surface area contributed by atoms with Gasteiger partial charge >= 0.3 is 6.36 Å². The smallest absolute Gasteiger partial charge is 0.494 e. The van der Waals surface area contributed by atoms with E-state index in [4.69, 9.17) is 10.8 Å². The molecule has 0 saturated carbocycles. The van der Waals surface area contributed by atoms with Crippen LogP contribution in [-0.2, 0) is 26.8 Å². The summed E-state index contributed by atoms with van der Waals surface area (Å²) in [7, 11) is -4.32. The number of carbonyl (C=O) groups excluding carboxylic acids is 1. The molecule has 3 rings (SSSR count). The number of aliphatic imine (C=N–C) groups is 1. The quantitative estimate of drug-likeness (QED) is 0.291. The summed E-state index contributed by atoms with van der Waals surface area (Å²) in [5.74, 6) is -1.44. The molecule has 1 amide bonds. The average molecular weight is 610 g/mol. The van der Waals surface area contributed by atoms with Crippen molar-refractivity contribution < 1.29 is 36.2 Å². The molecule has 1 atom stereocenters. The lowest BCUT2D eigenvalue weighted by atomic mass is 9.87. The van der Waals surface area contributed by atoms with Crippen LogP contribution in [0.1, 0.15) is 31.9 Å². The van der Waals surface area contributed by atoms with E-state index < -0.39 is 40.0 Å². The fraction of sp³-hybridized carbons (Fsp3) is 0.357. The Morgan fingerprint density at radius 1 is 1.14 bits per heavy atom. The van der Waals surface area contributed by atoms with Crippen LogP contribution in [0, 0.1) is 0 Å². The molecule has 0 radical (unpaired) electrons. The Morgan fingerprint density at radius 3 is 2.31 bits per heavy atom. The van der Waals surface area contributed by atoms with Crippen LogP contribution in [0.15, 0.2) is 82.8 Å². The number of ether oxygens (including phenoxy) is 1. The molecule has 0 bridgehead atoms. The summed E-state index contributed by atoms with van der Waals surface area (Å²) in [5, 5.41) is 11.9. The molecule has 2 aromatic rings. The first kappa shape index (κ1) is 32.5. The van der Waals surface area contributed by atoms with Gasteiger partial charge in [-0.25, -0.2) is 13.4 Å². The lowest BCUT2D eigenvalue weighted by Crippen LogP contribution is -2.60. The van der Waals surface area contributed by atoms with Crippen molar-refractivity contribution in [3.05, 3.63) is 84.0 Å². The largest absolute Gasteiger partial charge is 0.573 e. The Kier molecular flexibility index (Phi) is 9.94. The number of nitrogens with two attached hydrogens (primary N) is 1. The molecule has 14 heteroatoms. The van der Waals surface area contributed by atoms with Crippen molar-refractivity contribution in [2.45, 2.75) is 50.0 Å². The number of halogens is 3. The maximum absolute atomic E-state index is 13.6. The number of allylic oxidation sites excluding steroid dienone is 1. The van der Waals surface area contributed by atoms with Crippen LogP contribution >= 0.6 is 0 Å². The van der Waals surface area contributed by atoms with Crippen molar-refractivity contribution in [3.63, 3.8) is 0 Å². The first-order valence-electron chi connectivity index (χ1n) is 12.8. The number of amides is 1. The lowest BCUT2D eigenvalue weighted by molar-refractivity contribution is -0.274. The maximum atomic E-state index is 13.6. The highest BCUT2D eigenvalue weighted by atomic mass is 32.2. The highest BCUT2D eigenvalue weighted by Gasteiger charge is 2.40. The Morgan fingerprint density at radius 2 is 1.76 bits per heavy atom. The first-order chi connectivity index (χ1) is 19.5. The molecule has 1 heterocycles. The van der Waals surface area contributed by atoms with Crippen molar-refractivity contribution in [2.75, 3.05) is 19.6 Å². The van der Waals surface area contributed by atoms with E-state index in [0.717, 1.165) is 39.7 Å². The van der Waals surface area contributed by atoms with Gasteiger partial charge in [0.15, 0.2) is 0 Å². The zero-order valence-corrected chi connectivity index (χ0v) is 24.2. The molecule has 0 unspecified atom stereocenters. The summed E-state index contributed by atoms with van der Waals surface area (Å²) in [6, 6.07) is 10.2. The molecule has 1 aliphatic heterocycles. The molecule has 0 spiro atoms. The second-order valence-corrected chi connectivity index (χ2v) is 12.4. The molecule has 10 nitrogen and oxygen atoms in total. The van der Waals surface area contributed by atoms with Gasteiger partial charge in [-0.15, -0.1) is 13.2 Å². The molecule has 0 aromatic heterocycles. The fourth-order valence-electron chi connectivity index (χ4n) is 4.19. The number of carbonyl (C=O) groups is 1. The van der Waals surface area contributed by atoms with Gasteiger partial charge in [-0.1, -0.05) is 45.0 Å². The summed E-state index contributed by atoms with van der Waals surface area (Å²) < 4.78 is 69.7. The maximum Gasteiger partial charge on any atom is 0.573 e. The van der Waals surface area contributed by atoms with E-state index in [-0.39, 0.29) is 42.3 Å². The normalized spacial score (nSPS) is 17.3. The molecule has 42 heavy (non-hydrogen) atoms. The zero-order valence-electron chi connectivity index (χ0n) is 23.4. The predicted octanol–water partition coefficient (Wildman–Crippen LogP) is 3.77. The number of aliphatic hydroxyl groups excluding tert-OH is 1. The number of aliphatic hydroxyl groups is 1. The molecule has 0 aliphatic carbocycles. The minimum Gasteiger partial charge on any atom is -0.494 e. The van der Waals surface area contributed by atoms with E-state index in [1.165, 1.54) is 12.3 Å². The highest BCUT2D eigenvalue weighted by molar-refractivity contribution is 7.89. The molecular formula is C28H34F3N5O5S. The number of sulfonamides is 1. The topological polar surface area (TPSA) is 138 Å². The molecule has 1 saturated heterocycles. The first-order valence-corrected chi connectivity index (χ1v) is 14.3. The average Bonchev–Trinajstić information content (AvgIpc) is 2.90. The van der Waals surface area contributed by atoms with Gasteiger partial charge in [0, 0.05) is 32.4 Å². The van der Waals surface area contributed by atoms with Crippen LogP contribution in [0.2, 0.25) is 0 Å². The number of alkyl halides is 3. The third-order valence-corrected chi connectivity index (χ3v) is 8.34. The van der Waals surface area contributed by atoms with Gasteiger partial charge < -0.3 is 25.8 Å². The van der Waals surface area contributed by atoms with Crippen molar-refractivity contribution >= 4 is 22.1 Å². The third kappa shape index (κ3) is 8.73. The van der Waals surface area contributed by atoms with Gasteiger partial charge in [0.2, 0.25) is 21.8 Å². The van der Waals surface area contributed by atoms with Crippen LogP contribution in [-0.4, -0.2) is 66.9 Å². The van der Waals surface area contributed by atoms with E-state index in [9.17, 15) is 26.4 Å². The summed E-state index contributed by atoms with van der Waals surface area (Å²) in [6.07, 6.45) is -2.35. The number of hydrogen-bond donors (Lipinski definition) is 3. The Balaban J connectivity index is 1.86. The van der Waals surface area contributed by atoms with Gasteiger partial charge in [-0.3, -0.25) is 4.79 Å². The van der Waals surface area contributed by atoms with Gasteiger partial charge in [-0.2, -0.15) is 4.31 Å². The molecule has 1 aliphatic rings. The van der Waals surface area contributed by atoms with E-state index in [1.54, 1.807) is 4.90 Å². The molecule has 1 fully saturated rings. The summed E-state index contributed by atoms with van der Waals surface area (Å²) in [6.45, 7) is 9.43. The lowest BCUT2D eigenvalue weighted by Gasteiger charge is -2.40. The number of piperazine rings is 1. The number of hydrogen-bond acceptors (Lipinski definition) is 8. The predicted molar refractivity (Wildman–Crippen MR) is 152 cm³/mol. The SMILES string of the molecule is C=C(O)/N=C\C=C(/N)N1CCN(S(=O)(=O)c2ccc(OC(F)(F)F)cc2)[C@@H](C(=O)NCc2ccc(C(C)(C)C)cc2)C1. The van der Waals surface area contributed by atoms with Crippen LogP contribution in [0.25, 0.3) is 0 Å². The number of rotatable bonds is 9. The van der Waals surface area contributed by atoms with Crippen LogP contribution in [0.5, 0.6) is 5.75 Å². The Labute approximate surface area is 243 Å². The summed E-state index contributed by atoms with van der Waals surface area (Å²) >= 11 is 0. The number of benzene rings is 2. The van der Waals surface area contributed by atoms with Gasteiger partial charge in [0.05, 0.1) is 4.90 Å². The minimum absolute atomic E-state index is 0.0537. The van der Waals surface area contributed by atoms with Gasteiger partial charge in [-0.05, 0) is 53.5 Å². The summed E-state index contributed by atoms with van der Waals surface area (Å²) in [4.78, 5) is 18.3.